The third kappa shape index (κ3) is 2.94. The second kappa shape index (κ2) is 5.80. The van der Waals surface area contributed by atoms with E-state index in [1.807, 2.05) is 26.8 Å². The highest BCUT2D eigenvalue weighted by Crippen LogP contribution is 2.18. The summed E-state index contributed by atoms with van der Waals surface area (Å²) >= 11 is 0. The van der Waals surface area contributed by atoms with Gasteiger partial charge >= 0.3 is 0 Å². The number of aliphatic hydroxyl groups is 1. The van der Waals surface area contributed by atoms with E-state index in [-0.39, 0.29) is 12.6 Å². The Kier molecular flexibility index (Phi) is 4.29. The van der Waals surface area contributed by atoms with Crippen LogP contribution in [0.4, 0.5) is 8.78 Å². The molecule has 20 heavy (non-hydrogen) atoms. The molecule has 0 amide bonds. The van der Waals surface area contributed by atoms with Gasteiger partial charge in [0, 0.05) is 36.1 Å². The summed E-state index contributed by atoms with van der Waals surface area (Å²) in [6, 6.07) is 1.67. The smallest absolute Gasteiger partial charge is 0.265 e. The number of aromatic nitrogens is 3. The lowest BCUT2D eigenvalue weighted by molar-refractivity contribution is -0.00441. The zero-order chi connectivity index (χ0) is 14.9. The van der Waals surface area contributed by atoms with Crippen molar-refractivity contribution < 1.29 is 13.9 Å². The average molecular weight is 284 g/mol. The van der Waals surface area contributed by atoms with Crippen molar-refractivity contribution in [3.63, 3.8) is 0 Å². The Morgan fingerprint density at radius 3 is 2.75 bits per heavy atom. The van der Waals surface area contributed by atoms with E-state index in [1.165, 1.54) is 0 Å². The van der Waals surface area contributed by atoms with Crippen LogP contribution in [0.1, 0.15) is 29.9 Å². The number of rotatable bonds is 5. The Bertz CT molecular complexity index is 599. The first-order valence-corrected chi connectivity index (χ1v) is 6.41. The van der Waals surface area contributed by atoms with Crippen molar-refractivity contribution >= 4 is 5.65 Å². The van der Waals surface area contributed by atoms with E-state index in [2.05, 4.69) is 15.4 Å². The van der Waals surface area contributed by atoms with Gasteiger partial charge in [0.2, 0.25) is 0 Å². The van der Waals surface area contributed by atoms with Crippen molar-refractivity contribution in [1.82, 2.24) is 19.9 Å². The molecule has 2 aromatic rings. The summed E-state index contributed by atoms with van der Waals surface area (Å²) in [6.07, 6.45) is -2.70. The van der Waals surface area contributed by atoms with Gasteiger partial charge in [0.1, 0.15) is 6.10 Å². The van der Waals surface area contributed by atoms with Gasteiger partial charge < -0.3 is 10.4 Å². The van der Waals surface area contributed by atoms with Crippen LogP contribution in [0.3, 0.4) is 0 Å². The Labute approximate surface area is 115 Å². The molecular weight excluding hydrogens is 266 g/mol. The SMILES string of the molecule is Cc1cc2ncc(C(C)NCC(O)C(F)F)c(C)n2n1. The van der Waals surface area contributed by atoms with E-state index in [9.17, 15) is 8.78 Å². The third-order valence-electron chi connectivity index (χ3n) is 3.27. The van der Waals surface area contributed by atoms with Gasteiger partial charge in [0.15, 0.2) is 5.65 Å². The monoisotopic (exact) mass is 284 g/mol. The van der Waals surface area contributed by atoms with Crippen molar-refractivity contribution in [3.8, 4) is 0 Å². The molecule has 0 aliphatic heterocycles. The summed E-state index contributed by atoms with van der Waals surface area (Å²) in [7, 11) is 0. The van der Waals surface area contributed by atoms with Crippen LogP contribution in [0.5, 0.6) is 0 Å². The number of alkyl halides is 2. The number of nitrogens with zero attached hydrogens (tertiary/aromatic N) is 3. The van der Waals surface area contributed by atoms with Crippen LogP contribution in [-0.2, 0) is 0 Å². The molecular formula is C13H18F2N4O. The fraction of sp³-hybridized carbons (Fsp3) is 0.538. The minimum Gasteiger partial charge on any atom is -0.386 e. The molecule has 0 spiro atoms. The fourth-order valence-corrected chi connectivity index (χ4v) is 2.10. The summed E-state index contributed by atoms with van der Waals surface area (Å²) in [5.41, 5.74) is 3.38. The highest BCUT2D eigenvalue weighted by Gasteiger charge is 2.19. The lowest BCUT2D eigenvalue weighted by Crippen LogP contribution is -2.34. The molecule has 0 bridgehead atoms. The number of fused-ring (bicyclic) bond motifs is 1. The Morgan fingerprint density at radius 2 is 2.10 bits per heavy atom. The Hall–Kier alpha value is -1.60. The maximum Gasteiger partial charge on any atom is 0.265 e. The van der Waals surface area contributed by atoms with Crippen LogP contribution < -0.4 is 5.32 Å². The predicted octanol–water partition coefficient (Wildman–Crippen LogP) is 1.62. The fourth-order valence-electron chi connectivity index (χ4n) is 2.10. The van der Waals surface area contributed by atoms with Crippen molar-refractivity contribution in [2.45, 2.75) is 39.3 Å². The van der Waals surface area contributed by atoms with E-state index in [0.29, 0.717) is 0 Å². The van der Waals surface area contributed by atoms with Crippen LogP contribution in [-0.4, -0.2) is 38.8 Å². The van der Waals surface area contributed by atoms with Crippen LogP contribution >= 0.6 is 0 Å². The molecule has 110 valence electrons. The molecule has 2 atom stereocenters. The second-order valence-corrected chi connectivity index (χ2v) is 4.89. The number of nitrogens with one attached hydrogen (secondary N) is 1. The lowest BCUT2D eigenvalue weighted by atomic mass is 10.1. The molecule has 2 heterocycles. The van der Waals surface area contributed by atoms with Crippen molar-refractivity contribution in [1.29, 1.82) is 0 Å². The van der Waals surface area contributed by atoms with E-state index in [1.54, 1.807) is 10.7 Å². The summed E-state index contributed by atoms with van der Waals surface area (Å²) in [5.74, 6) is 0. The Balaban J connectivity index is 2.17. The molecule has 0 aromatic carbocycles. The number of halogens is 2. The molecule has 2 N–H and O–H groups in total. The molecule has 0 aliphatic rings. The summed E-state index contributed by atoms with van der Waals surface area (Å²) in [5, 5.41) is 16.3. The first-order valence-electron chi connectivity index (χ1n) is 6.41. The normalized spacial score (nSPS) is 14.9. The van der Waals surface area contributed by atoms with Crippen molar-refractivity contribution in [3.05, 3.63) is 29.2 Å². The van der Waals surface area contributed by atoms with Gasteiger partial charge in [-0.1, -0.05) is 0 Å². The Morgan fingerprint density at radius 1 is 1.40 bits per heavy atom. The molecule has 2 unspecified atom stereocenters. The number of aliphatic hydroxyl groups excluding tert-OH is 1. The van der Waals surface area contributed by atoms with E-state index in [4.69, 9.17) is 5.11 Å². The summed E-state index contributed by atoms with van der Waals surface area (Å²) in [4.78, 5) is 4.30. The largest absolute Gasteiger partial charge is 0.386 e. The van der Waals surface area contributed by atoms with Gasteiger partial charge in [-0.05, 0) is 20.8 Å². The van der Waals surface area contributed by atoms with Crippen molar-refractivity contribution in [2.24, 2.45) is 0 Å². The number of aryl methyl sites for hydroxylation is 2. The van der Waals surface area contributed by atoms with Crippen molar-refractivity contribution in [2.75, 3.05) is 6.54 Å². The quantitative estimate of drug-likeness (QED) is 0.876. The molecule has 0 radical (unpaired) electrons. The molecule has 5 nitrogen and oxygen atoms in total. The molecule has 0 saturated heterocycles. The summed E-state index contributed by atoms with van der Waals surface area (Å²) in [6.45, 7) is 5.45. The highest BCUT2D eigenvalue weighted by molar-refractivity contribution is 5.42. The first-order chi connectivity index (χ1) is 9.40. The molecule has 0 saturated carbocycles. The molecule has 2 rings (SSSR count). The lowest BCUT2D eigenvalue weighted by Gasteiger charge is -2.18. The van der Waals surface area contributed by atoms with Crippen LogP contribution in [0.2, 0.25) is 0 Å². The van der Waals surface area contributed by atoms with Gasteiger partial charge in [-0.15, -0.1) is 0 Å². The topological polar surface area (TPSA) is 62.5 Å². The van der Waals surface area contributed by atoms with E-state index in [0.717, 1.165) is 22.6 Å². The van der Waals surface area contributed by atoms with Crippen LogP contribution in [0.25, 0.3) is 5.65 Å². The van der Waals surface area contributed by atoms with E-state index < -0.39 is 12.5 Å². The van der Waals surface area contributed by atoms with Gasteiger partial charge in [0.25, 0.3) is 6.43 Å². The minimum absolute atomic E-state index is 0.172. The molecule has 0 aliphatic carbocycles. The zero-order valence-corrected chi connectivity index (χ0v) is 11.6. The predicted molar refractivity (Wildman–Crippen MR) is 70.9 cm³/mol. The third-order valence-corrected chi connectivity index (χ3v) is 3.27. The second-order valence-electron chi connectivity index (χ2n) is 4.89. The van der Waals surface area contributed by atoms with Gasteiger partial charge in [-0.3, -0.25) is 0 Å². The number of hydrogen-bond acceptors (Lipinski definition) is 4. The number of hydrogen-bond donors (Lipinski definition) is 2. The van der Waals surface area contributed by atoms with E-state index >= 15 is 0 Å². The standard InChI is InChI=1S/C13H18F2N4O/c1-7-4-12-17-5-10(9(3)19(12)18-7)8(2)16-6-11(20)13(14)15/h4-5,8,11,13,16,20H,6H2,1-3H3. The zero-order valence-electron chi connectivity index (χ0n) is 11.6. The molecule has 0 fully saturated rings. The molecule has 7 heteroatoms. The summed E-state index contributed by atoms with van der Waals surface area (Å²) < 4.78 is 26.2. The minimum atomic E-state index is -2.75. The van der Waals surface area contributed by atoms with Crippen LogP contribution in [0, 0.1) is 13.8 Å². The maximum atomic E-state index is 12.3. The highest BCUT2D eigenvalue weighted by atomic mass is 19.3. The van der Waals surface area contributed by atoms with Gasteiger partial charge in [-0.2, -0.15) is 5.10 Å². The molecule has 2 aromatic heterocycles. The first kappa shape index (κ1) is 14.8. The average Bonchev–Trinajstić information content (AvgIpc) is 2.77. The van der Waals surface area contributed by atoms with Gasteiger partial charge in [0.05, 0.1) is 5.69 Å². The van der Waals surface area contributed by atoms with Gasteiger partial charge in [-0.25, -0.2) is 18.3 Å². The van der Waals surface area contributed by atoms with Crippen LogP contribution in [0.15, 0.2) is 12.3 Å². The maximum absolute atomic E-state index is 12.3.